The first-order valence-corrected chi connectivity index (χ1v) is 9.59. The second kappa shape index (κ2) is 7.49. The van der Waals surface area contributed by atoms with Crippen LogP contribution in [0, 0.1) is 0 Å². The molecule has 0 saturated carbocycles. The summed E-state index contributed by atoms with van der Waals surface area (Å²) < 4.78 is 0.940. The standard InChI is InChI=1S/C16H17ClN2OS2/c17-13-6-4-12(5-7-13)14-10-21-16(18-14)22-11-15(20)19-8-2-1-3-9-19/h4-7,10H,1-3,8-9,11H2. The first-order valence-electron chi connectivity index (χ1n) is 7.34. The molecule has 1 saturated heterocycles. The van der Waals surface area contributed by atoms with Gasteiger partial charge < -0.3 is 4.90 Å². The molecule has 0 atom stereocenters. The molecule has 1 amide bonds. The van der Waals surface area contributed by atoms with Crippen LogP contribution in [0.1, 0.15) is 19.3 Å². The van der Waals surface area contributed by atoms with Crippen LogP contribution in [0.25, 0.3) is 11.3 Å². The summed E-state index contributed by atoms with van der Waals surface area (Å²) in [5.41, 5.74) is 1.99. The molecule has 2 heterocycles. The topological polar surface area (TPSA) is 33.2 Å². The summed E-state index contributed by atoms with van der Waals surface area (Å²) in [6.45, 7) is 1.82. The number of thioether (sulfide) groups is 1. The normalized spacial score (nSPS) is 15.0. The van der Waals surface area contributed by atoms with Crippen LogP contribution in [0.3, 0.4) is 0 Å². The van der Waals surface area contributed by atoms with Gasteiger partial charge in [-0.2, -0.15) is 0 Å². The molecule has 0 aliphatic carbocycles. The van der Waals surface area contributed by atoms with Gasteiger partial charge in [-0.15, -0.1) is 11.3 Å². The highest BCUT2D eigenvalue weighted by Crippen LogP contribution is 2.29. The molecule has 1 aromatic carbocycles. The highest BCUT2D eigenvalue weighted by molar-refractivity contribution is 8.01. The average molecular weight is 353 g/mol. The lowest BCUT2D eigenvalue weighted by molar-refractivity contribution is -0.129. The maximum Gasteiger partial charge on any atom is 0.233 e. The van der Waals surface area contributed by atoms with Crippen molar-refractivity contribution in [2.75, 3.05) is 18.8 Å². The summed E-state index contributed by atoms with van der Waals surface area (Å²) >= 11 is 9.01. The Bertz CT molecular complexity index is 636. The van der Waals surface area contributed by atoms with E-state index in [1.165, 1.54) is 18.2 Å². The molecular formula is C16H17ClN2OS2. The van der Waals surface area contributed by atoms with Crippen molar-refractivity contribution in [3.63, 3.8) is 0 Å². The summed E-state index contributed by atoms with van der Waals surface area (Å²) in [5.74, 6) is 0.709. The summed E-state index contributed by atoms with van der Waals surface area (Å²) in [6.07, 6.45) is 3.51. The van der Waals surface area contributed by atoms with Crippen LogP contribution < -0.4 is 0 Å². The van der Waals surface area contributed by atoms with Crippen LogP contribution in [-0.2, 0) is 4.79 Å². The number of piperidine rings is 1. The fourth-order valence-corrected chi connectivity index (χ4v) is 4.30. The summed E-state index contributed by atoms with van der Waals surface area (Å²) in [7, 11) is 0. The van der Waals surface area contributed by atoms with E-state index in [-0.39, 0.29) is 5.91 Å². The number of nitrogens with zero attached hydrogens (tertiary/aromatic N) is 2. The van der Waals surface area contributed by atoms with Gasteiger partial charge in [0.1, 0.15) is 0 Å². The highest BCUT2D eigenvalue weighted by atomic mass is 35.5. The van der Waals surface area contributed by atoms with Gasteiger partial charge in [0, 0.05) is 29.1 Å². The molecule has 3 rings (SSSR count). The van der Waals surface area contributed by atoms with Crippen LogP contribution in [0.4, 0.5) is 0 Å². The zero-order valence-electron chi connectivity index (χ0n) is 12.1. The molecule has 0 unspecified atom stereocenters. The Morgan fingerprint density at radius 2 is 1.95 bits per heavy atom. The lowest BCUT2D eigenvalue weighted by Crippen LogP contribution is -2.36. The third-order valence-electron chi connectivity index (χ3n) is 3.65. The largest absolute Gasteiger partial charge is 0.342 e. The highest BCUT2D eigenvalue weighted by Gasteiger charge is 2.17. The zero-order chi connectivity index (χ0) is 15.4. The molecule has 22 heavy (non-hydrogen) atoms. The van der Waals surface area contributed by atoms with Crippen molar-refractivity contribution in [1.29, 1.82) is 0 Å². The maximum absolute atomic E-state index is 12.2. The molecule has 0 bridgehead atoms. The van der Waals surface area contributed by atoms with E-state index in [2.05, 4.69) is 4.98 Å². The molecule has 0 N–H and O–H groups in total. The van der Waals surface area contributed by atoms with Crippen LogP contribution in [-0.4, -0.2) is 34.6 Å². The number of hydrogen-bond donors (Lipinski definition) is 0. The molecule has 0 spiro atoms. The number of thiazole rings is 1. The molecule has 6 heteroatoms. The van der Waals surface area contributed by atoms with Gasteiger partial charge in [-0.25, -0.2) is 4.98 Å². The third kappa shape index (κ3) is 4.03. The van der Waals surface area contributed by atoms with Crippen LogP contribution in [0.15, 0.2) is 34.0 Å². The number of amides is 1. The molecule has 116 valence electrons. The fourth-order valence-electron chi connectivity index (χ4n) is 2.43. The van der Waals surface area contributed by atoms with E-state index >= 15 is 0 Å². The molecular weight excluding hydrogens is 336 g/mol. The van der Waals surface area contributed by atoms with Gasteiger partial charge in [-0.05, 0) is 31.4 Å². The second-order valence-electron chi connectivity index (χ2n) is 5.24. The van der Waals surface area contributed by atoms with Gasteiger partial charge in [0.05, 0.1) is 11.4 Å². The van der Waals surface area contributed by atoms with Gasteiger partial charge in [0.2, 0.25) is 5.91 Å². The quantitative estimate of drug-likeness (QED) is 0.756. The number of rotatable bonds is 4. The van der Waals surface area contributed by atoms with Gasteiger partial charge in [-0.1, -0.05) is 35.5 Å². The van der Waals surface area contributed by atoms with Crippen molar-refractivity contribution in [2.24, 2.45) is 0 Å². The van der Waals surface area contributed by atoms with Gasteiger partial charge in [-0.3, -0.25) is 4.79 Å². The Balaban J connectivity index is 1.57. The fraction of sp³-hybridized carbons (Fsp3) is 0.375. The molecule has 1 aromatic heterocycles. The van der Waals surface area contributed by atoms with Crippen molar-refractivity contribution in [2.45, 2.75) is 23.6 Å². The van der Waals surface area contributed by atoms with Crippen molar-refractivity contribution in [3.8, 4) is 11.3 Å². The third-order valence-corrected chi connectivity index (χ3v) is 5.91. The molecule has 0 radical (unpaired) electrons. The Kier molecular flexibility index (Phi) is 5.39. The molecule has 3 nitrogen and oxygen atoms in total. The van der Waals surface area contributed by atoms with Crippen LogP contribution >= 0.6 is 34.7 Å². The van der Waals surface area contributed by atoms with Crippen molar-refractivity contribution in [3.05, 3.63) is 34.7 Å². The van der Waals surface area contributed by atoms with Gasteiger partial charge >= 0.3 is 0 Å². The molecule has 1 aliphatic rings. The van der Waals surface area contributed by atoms with E-state index in [0.717, 1.165) is 46.6 Å². The Labute approximate surface area is 143 Å². The maximum atomic E-state index is 12.2. The number of halogens is 1. The first kappa shape index (κ1) is 15.8. The smallest absolute Gasteiger partial charge is 0.233 e. The second-order valence-corrected chi connectivity index (χ2v) is 7.75. The number of carbonyl (C=O) groups is 1. The predicted molar refractivity (Wildman–Crippen MR) is 93.7 cm³/mol. The zero-order valence-corrected chi connectivity index (χ0v) is 14.5. The Morgan fingerprint density at radius 3 is 2.68 bits per heavy atom. The summed E-state index contributed by atoms with van der Waals surface area (Å²) in [6, 6.07) is 7.65. The number of aromatic nitrogens is 1. The SMILES string of the molecule is O=C(CSc1nc(-c2ccc(Cl)cc2)cs1)N1CCCCC1. The first-order chi connectivity index (χ1) is 10.7. The van der Waals surface area contributed by atoms with E-state index in [1.54, 1.807) is 11.3 Å². The number of benzene rings is 1. The number of likely N-dealkylation sites (tertiary alicyclic amines) is 1. The monoisotopic (exact) mass is 352 g/mol. The van der Waals surface area contributed by atoms with E-state index in [9.17, 15) is 4.79 Å². The Hall–Kier alpha value is -1.04. The Morgan fingerprint density at radius 1 is 1.23 bits per heavy atom. The molecule has 1 fully saturated rings. The van der Waals surface area contributed by atoms with Crippen molar-refractivity contribution < 1.29 is 4.79 Å². The minimum Gasteiger partial charge on any atom is -0.342 e. The van der Waals surface area contributed by atoms with Gasteiger partial charge in [0.15, 0.2) is 4.34 Å². The van der Waals surface area contributed by atoms with E-state index < -0.39 is 0 Å². The predicted octanol–water partition coefficient (Wildman–Crippen LogP) is 4.57. The van der Waals surface area contributed by atoms with Crippen LogP contribution in [0.5, 0.6) is 0 Å². The average Bonchev–Trinajstić information content (AvgIpc) is 3.03. The van der Waals surface area contributed by atoms with Gasteiger partial charge in [0.25, 0.3) is 0 Å². The van der Waals surface area contributed by atoms with E-state index in [0.29, 0.717) is 5.75 Å². The minimum absolute atomic E-state index is 0.230. The number of carbonyl (C=O) groups excluding carboxylic acids is 1. The van der Waals surface area contributed by atoms with E-state index in [4.69, 9.17) is 11.6 Å². The lowest BCUT2D eigenvalue weighted by atomic mass is 10.1. The number of hydrogen-bond acceptors (Lipinski definition) is 4. The van der Waals surface area contributed by atoms with Crippen molar-refractivity contribution >= 4 is 40.6 Å². The van der Waals surface area contributed by atoms with Crippen LogP contribution in [0.2, 0.25) is 5.02 Å². The van der Waals surface area contributed by atoms with Crippen molar-refractivity contribution in [1.82, 2.24) is 9.88 Å². The van der Waals surface area contributed by atoms with E-state index in [1.807, 2.05) is 34.5 Å². The lowest BCUT2D eigenvalue weighted by Gasteiger charge is -2.26. The summed E-state index contributed by atoms with van der Waals surface area (Å²) in [5, 5.41) is 2.75. The minimum atomic E-state index is 0.230. The summed E-state index contributed by atoms with van der Waals surface area (Å²) in [4.78, 5) is 18.7. The molecule has 2 aromatic rings. The molecule has 1 aliphatic heterocycles.